The molecule has 5 heteroatoms. The summed E-state index contributed by atoms with van der Waals surface area (Å²) in [5, 5.41) is 0. The highest BCUT2D eigenvalue weighted by atomic mass is 32.1. The molecule has 1 aliphatic rings. The second kappa shape index (κ2) is 5.58. The number of thiophene rings is 1. The molecule has 3 aromatic rings. The molecule has 4 heterocycles. The molecule has 0 spiro atoms. The number of likely N-dealkylation sites (tertiary alicyclic amines) is 1. The Morgan fingerprint density at radius 3 is 2.90 bits per heavy atom. The number of hydrogen-bond acceptors (Lipinski definition) is 4. The summed E-state index contributed by atoms with van der Waals surface area (Å²) in [5.74, 6) is 0. The van der Waals surface area contributed by atoms with Crippen molar-refractivity contribution in [2.75, 3.05) is 19.6 Å². The summed E-state index contributed by atoms with van der Waals surface area (Å²) < 4.78 is 3.42. The van der Waals surface area contributed by atoms with Gasteiger partial charge in [0.1, 0.15) is 0 Å². The predicted octanol–water partition coefficient (Wildman–Crippen LogP) is 3.26. The van der Waals surface area contributed by atoms with Crippen molar-refractivity contribution in [1.82, 2.24) is 19.4 Å². The van der Waals surface area contributed by atoms with E-state index in [0.29, 0.717) is 0 Å². The second-order valence-electron chi connectivity index (χ2n) is 5.54. The normalized spacial score (nSPS) is 16.0. The van der Waals surface area contributed by atoms with Crippen molar-refractivity contribution in [2.45, 2.75) is 19.4 Å². The largest absolute Gasteiger partial charge is 0.336 e. The minimum Gasteiger partial charge on any atom is -0.336 e. The number of pyridine rings is 1. The van der Waals surface area contributed by atoms with Crippen molar-refractivity contribution < 1.29 is 0 Å². The number of hydrogen-bond donors (Lipinski definition) is 0. The zero-order valence-electron chi connectivity index (χ0n) is 11.9. The Morgan fingerprint density at radius 1 is 1.14 bits per heavy atom. The summed E-state index contributed by atoms with van der Waals surface area (Å²) in [5.41, 5.74) is 2.11. The molecule has 0 amide bonds. The third-order valence-corrected chi connectivity index (χ3v) is 5.16. The van der Waals surface area contributed by atoms with Gasteiger partial charge in [-0.25, -0.2) is 4.98 Å². The summed E-state index contributed by atoms with van der Waals surface area (Å²) in [4.78, 5) is 12.7. The van der Waals surface area contributed by atoms with Crippen LogP contribution in [0.4, 0.5) is 0 Å². The van der Waals surface area contributed by atoms with Gasteiger partial charge in [-0.3, -0.25) is 4.98 Å². The molecular weight excluding hydrogens is 280 g/mol. The fourth-order valence-corrected chi connectivity index (χ4v) is 3.85. The highest BCUT2D eigenvalue weighted by molar-refractivity contribution is 7.22. The molecule has 0 N–H and O–H groups in total. The Morgan fingerprint density at radius 2 is 2.05 bits per heavy atom. The fourth-order valence-electron chi connectivity index (χ4n) is 2.87. The molecule has 0 radical (unpaired) electrons. The van der Waals surface area contributed by atoms with Crippen molar-refractivity contribution in [3.8, 4) is 10.6 Å². The first-order valence-electron chi connectivity index (χ1n) is 7.47. The Kier molecular flexibility index (Phi) is 3.45. The Labute approximate surface area is 128 Å². The zero-order chi connectivity index (χ0) is 14.1. The van der Waals surface area contributed by atoms with Crippen LogP contribution in [-0.4, -0.2) is 39.1 Å². The van der Waals surface area contributed by atoms with Crippen molar-refractivity contribution in [2.24, 2.45) is 0 Å². The van der Waals surface area contributed by atoms with Crippen molar-refractivity contribution in [3.63, 3.8) is 0 Å². The molecule has 0 saturated carbocycles. The van der Waals surface area contributed by atoms with Crippen LogP contribution < -0.4 is 0 Å². The maximum atomic E-state index is 4.55. The van der Waals surface area contributed by atoms with Crippen LogP contribution >= 0.6 is 11.3 Å². The highest BCUT2D eigenvalue weighted by Crippen LogP contribution is 2.31. The zero-order valence-corrected chi connectivity index (χ0v) is 12.7. The first kappa shape index (κ1) is 13.0. The van der Waals surface area contributed by atoms with Gasteiger partial charge < -0.3 is 9.47 Å². The molecule has 0 aromatic carbocycles. The number of aromatic nitrogens is 3. The lowest BCUT2D eigenvalue weighted by Crippen LogP contribution is -2.23. The maximum absolute atomic E-state index is 4.55. The van der Waals surface area contributed by atoms with E-state index in [-0.39, 0.29) is 0 Å². The highest BCUT2D eigenvalue weighted by Gasteiger charge is 2.12. The van der Waals surface area contributed by atoms with Crippen LogP contribution in [0, 0.1) is 0 Å². The summed E-state index contributed by atoms with van der Waals surface area (Å²) in [6, 6.07) is 6.23. The van der Waals surface area contributed by atoms with Gasteiger partial charge in [-0.1, -0.05) is 0 Å². The van der Waals surface area contributed by atoms with Gasteiger partial charge in [-0.2, -0.15) is 0 Å². The first-order chi connectivity index (χ1) is 10.4. The molecule has 21 heavy (non-hydrogen) atoms. The van der Waals surface area contributed by atoms with Crippen LogP contribution in [0.25, 0.3) is 20.8 Å². The molecule has 0 aliphatic carbocycles. The van der Waals surface area contributed by atoms with Crippen molar-refractivity contribution >= 4 is 21.6 Å². The van der Waals surface area contributed by atoms with Crippen molar-refractivity contribution in [1.29, 1.82) is 0 Å². The van der Waals surface area contributed by atoms with E-state index in [1.165, 1.54) is 35.5 Å². The Bertz CT molecular complexity index is 706. The van der Waals surface area contributed by atoms with Crippen LogP contribution in [0.15, 0.2) is 36.9 Å². The topological polar surface area (TPSA) is 34.0 Å². The smallest absolute Gasteiger partial charge is 0.0982 e. The van der Waals surface area contributed by atoms with Gasteiger partial charge in [-0.15, -0.1) is 11.3 Å². The van der Waals surface area contributed by atoms with Gasteiger partial charge in [0.05, 0.1) is 27.1 Å². The quantitative estimate of drug-likeness (QED) is 0.741. The molecule has 1 saturated heterocycles. The Hall–Kier alpha value is -1.72. The van der Waals surface area contributed by atoms with Crippen LogP contribution in [0.5, 0.6) is 0 Å². The average Bonchev–Trinajstić information content (AvgIpc) is 3.24. The summed E-state index contributed by atoms with van der Waals surface area (Å²) in [6.07, 6.45) is 8.64. The number of imidazole rings is 1. The van der Waals surface area contributed by atoms with Crippen LogP contribution in [0.1, 0.15) is 12.8 Å². The summed E-state index contributed by atoms with van der Waals surface area (Å²) in [6.45, 7) is 4.66. The molecule has 1 aliphatic heterocycles. The lowest BCUT2D eigenvalue weighted by Gasteiger charge is -2.14. The standard InChI is InChI=1S/C16H18N4S/c1-2-7-19(6-1)8-9-20-11-14(18-12-20)16-10-13-15(21-16)4-3-5-17-13/h3-5,10-12H,1-2,6-9H2. The lowest BCUT2D eigenvalue weighted by atomic mass is 10.3. The molecule has 3 aromatic heterocycles. The van der Waals surface area contributed by atoms with E-state index >= 15 is 0 Å². The molecule has 4 rings (SSSR count). The molecule has 0 unspecified atom stereocenters. The van der Waals surface area contributed by atoms with Crippen LogP contribution in [-0.2, 0) is 6.54 Å². The number of nitrogens with zero attached hydrogens (tertiary/aromatic N) is 4. The van der Waals surface area contributed by atoms with E-state index in [4.69, 9.17) is 0 Å². The van der Waals surface area contributed by atoms with E-state index in [1.807, 2.05) is 18.6 Å². The number of rotatable bonds is 4. The fraction of sp³-hybridized carbons (Fsp3) is 0.375. The summed E-state index contributed by atoms with van der Waals surface area (Å²) in [7, 11) is 0. The second-order valence-corrected chi connectivity index (χ2v) is 6.63. The van der Waals surface area contributed by atoms with Crippen LogP contribution in [0.2, 0.25) is 0 Å². The minimum atomic E-state index is 1.02. The maximum Gasteiger partial charge on any atom is 0.0982 e. The Balaban J connectivity index is 1.50. The van der Waals surface area contributed by atoms with Gasteiger partial charge in [0.25, 0.3) is 0 Å². The SMILES string of the molecule is c1cnc2cc(-c3cn(CCN4CCCC4)cn3)sc2c1. The first-order valence-corrected chi connectivity index (χ1v) is 8.29. The molecule has 108 valence electrons. The molecular formula is C16H18N4S. The number of fused-ring (bicyclic) bond motifs is 1. The third-order valence-electron chi connectivity index (χ3n) is 4.05. The molecule has 0 bridgehead atoms. The van der Waals surface area contributed by atoms with E-state index < -0.39 is 0 Å². The van der Waals surface area contributed by atoms with Gasteiger partial charge in [-0.05, 0) is 44.1 Å². The molecule has 1 fully saturated rings. The minimum absolute atomic E-state index is 1.02. The van der Waals surface area contributed by atoms with E-state index in [9.17, 15) is 0 Å². The van der Waals surface area contributed by atoms with Gasteiger partial charge in [0.2, 0.25) is 0 Å². The molecule has 0 atom stereocenters. The van der Waals surface area contributed by atoms with Gasteiger partial charge in [0, 0.05) is 25.5 Å². The van der Waals surface area contributed by atoms with Crippen LogP contribution in [0.3, 0.4) is 0 Å². The van der Waals surface area contributed by atoms with Crippen molar-refractivity contribution in [3.05, 3.63) is 36.9 Å². The monoisotopic (exact) mass is 298 g/mol. The average molecular weight is 298 g/mol. The summed E-state index contributed by atoms with van der Waals surface area (Å²) >= 11 is 1.76. The lowest BCUT2D eigenvalue weighted by molar-refractivity contribution is 0.322. The van der Waals surface area contributed by atoms with Gasteiger partial charge >= 0.3 is 0 Å². The predicted molar refractivity (Wildman–Crippen MR) is 86.5 cm³/mol. The van der Waals surface area contributed by atoms with Gasteiger partial charge in [0.15, 0.2) is 0 Å². The van der Waals surface area contributed by atoms with E-state index in [1.54, 1.807) is 11.3 Å². The van der Waals surface area contributed by atoms with E-state index in [2.05, 4.69) is 37.8 Å². The molecule has 4 nitrogen and oxygen atoms in total. The van der Waals surface area contributed by atoms with E-state index in [0.717, 1.165) is 24.3 Å². The third kappa shape index (κ3) is 2.71.